The monoisotopic (exact) mass is 302 g/mol. The zero-order valence-corrected chi connectivity index (χ0v) is 13.2. The van der Waals surface area contributed by atoms with E-state index in [2.05, 4.69) is 22.3 Å². The lowest BCUT2D eigenvalue weighted by atomic mass is 10.1. The molecule has 0 radical (unpaired) electrons. The van der Waals surface area contributed by atoms with Crippen molar-refractivity contribution < 1.29 is 9.53 Å². The average Bonchev–Trinajstić information content (AvgIpc) is 2.97. The van der Waals surface area contributed by atoms with E-state index in [0.717, 1.165) is 24.4 Å². The molecule has 1 N–H and O–H groups in total. The van der Waals surface area contributed by atoms with Crippen LogP contribution in [0.5, 0.6) is 0 Å². The van der Waals surface area contributed by atoms with Crippen LogP contribution in [0.3, 0.4) is 0 Å². The zero-order chi connectivity index (χ0) is 15.9. The predicted octanol–water partition coefficient (Wildman–Crippen LogP) is 2.33. The molecule has 0 aliphatic carbocycles. The first-order chi connectivity index (χ1) is 10.7. The molecule has 0 saturated heterocycles. The number of aromatic nitrogens is 3. The second kappa shape index (κ2) is 7.70. The van der Waals surface area contributed by atoms with Gasteiger partial charge < -0.3 is 10.1 Å². The molecule has 22 heavy (non-hydrogen) atoms. The van der Waals surface area contributed by atoms with E-state index < -0.39 is 0 Å². The molecular weight excluding hydrogens is 280 g/mol. The maximum absolute atomic E-state index is 12.3. The van der Waals surface area contributed by atoms with Gasteiger partial charge in [-0.15, -0.1) is 0 Å². The number of nitrogens with one attached hydrogen (secondary N) is 1. The van der Waals surface area contributed by atoms with Crippen molar-refractivity contribution in [3.05, 3.63) is 47.5 Å². The van der Waals surface area contributed by atoms with Gasteiger partial charge in [0.05, 0.1) is 12.6 Å². The minimum Gasteiger partial charge on any atom is -0.380 e. The number of ether oxygens (including phenoxy) is 1. The highest BCUT2D eigenvalue weighted by atomic mass is 16.5. The fourth-order valence-corrected chi connectivity index (χ4v) is 2.26. The number of carbonyl (C=O) groups excluding carboxylic acids is 1. The summed E-state index contributed by atoms with van der Waals surface area (Å²) in [7, 11) is 1.65. The summed E-state index contributed by atoms with van der Waals surface area (Å²) in [4.78, 5) is 16.5. The molecule has 1 atom stereocenters. The van der Waals surface area contributed by atoms with Crippen molar-refractivity contribution in [2.24, 2.45) is 0 Å². The van der Waals surface area contributed by atoms with Gasteiger partial charge >= 0.3 is 0 Å². The number of hydrogen-bond donors (Lipinski definition) is 1. The summed E-state index contributed by atoms with van der Waals surface area (Å²) in [5, 5.41) is 7.13. The van der Waals surface area contributed by atoms with Crippen LogP contribution in [0.15, 0.2) is 30.6 Å². The number of benzene rings is 1. The highest BCUT2D eigenvalue weighted by molar-refractivity contribution is 5.94. The van der Waals surface area contributed by atoms with Gasteiger partial charge in [0.25, 0.3) is 5.91 Å². The molecule has 0 spiro atoms. The summed E-state index contributed by atoms with van der Waals surface area (Å²) >= 11 is 0. The Labute approximate surface area is 130 Å². The Hall–Kier alpha value is -2.21. The molecular formula is C16H22N4O2. The van der Waals surface area contributed by atoms with Crippen molar-refractivity contribution in [1.29, 1.82) is 0 Å². The lowest BCUT2D eigenvalue weighted by molar-refractivity contribution is 0.0937. The first-order valence-electron chi connectivity index (χ1n) is 7.42. The number of aryl methyl sites for hydroxylation is 1. The summed E-state index contributed by atoms with van der Waals surface area (Å²) in [5.74, 6) is 0.647. The third kappa shape index (κ3) is 3.92. The lowest BCUT2D eigenvalue weighted by Crippen LogP contribution is -2.29. The Bertz CT molecular complexity index is 607. The van der Waals surface area contributed by atoms with Gasteiger partial charge in [-0.25, -0.2) is 9.67 Å². The van der Waals surface area contributed by atoms with E-state index >= 15 is 0 Å². The van der Waals surface area contributed by atoms with Crippen LogP contribution in [0.25, 0.3) is 0 Å². The second-order valence-corrected chi connectivity index (χ2v) is 5.17. The molecule has 2 rings (SSSR count). The van der Waals surface area contributed by atoms with Gasteiger partial charge in [0.15, 0.2) is 0 Å². The number of carbonyl (C=O) groups is 1. The first kappa shape index (κ1) is 16.2. The largest absolute Gasteiger partial charge is 0.380 e. The van der Waals surface area contributed by atoms with Crippen LogP contribution >= 0.6 is 0 Å². The van der Waals surface area contributed by atoms with Gasteiger partial charge in [-0.3, -0.25) is 4.79 Å². The molecule has 0 aliphatic heterocycles. The summed E-state index contributed by atoms with van der Waals surface area (Å²) in [6, 6.07) is 7.19. The number of methoxy groups -OCH3 is 1. The molecule has 6 nitrogen and oxygen atoms in total. The number of amides is 1. The van der Waals surface area contributed by atoms with Gasteiger partial charge in [0.2, 0.25) is 0 Å². The standard InChI is InChI=1S/C16H22N4O2/c1-4-9-20-15(17-11-18-20)12(2)19-16(21)14-7-5-13(6-8-14)10-22-3/h5-8,11-12H,4,9-10H2,1-3H3,(H,19,21)/t12-/m0/s1. The third-order valence-corrected chi connectivity index (χ3v) is 3.34. The molecule has 2 aromatic rings. The van der Waals surface area contributed by atoms with Crippen LogP contribution in [0.4, 0.5) is 0 Å². The van der Waals surface area contributed by atoms with Crippen LogP contribution in [-0.2, 0) is 17.9 Å². The Morgan fingerprint density at radius 3 is 2.73 bits per heavy atom. The van der Waals surface area contributed by atoms with E-state index in [1.165, 1.54) is 6.33 Å². The minimum absolute atomic E-state index is 0.123. The summed E-state index contributed by atoms with van der Waals surface area (Å²) in [6.07, 6.45) is 2.49. The van der Waals surface area contributed by atoms with Crippen molar-refractivity contribution in [3.63, 3.8) is 0 Å². The van der Waals surface area contributed by atoms with Gasteiger partial charge in [0.1, 0.15) is 12.2 Å². The van der Waals surface area contributed by atoms with Crippen LogP contribution in [0.2, 0.25) is 0 Å². The van der Waals surface area contributed by atoms with Crippen LogP contribution in [0.1, 0.15) is 48.1 Å². The molecule has 0 fully saturated rings. The number of rotatable bonds is 7. The van der Waals surface area contributed by atoms with Crippen molar-refractivity contribution in [3.8, 4) is 0 Å². The van der Waals surface area contributed by atoms with Gasteiger partial charge in [-0.05, 0) is 31.0 Å². The van der Waals surface area contributed by atoms with Crippen LogP contribution in [0, 0.1) is 0 Å². The Balaban J connectivity index is 2.02. The summed E-state index contributed by atoms with van der Waals surface area (Å²) < 4.78 is 6.89. The Kier molecular flexibility index (Phi) is 5.66. The topological polar surface area (TPSA) is 69.0 Å². The zero-order valence-electron chi connectivity index (χ0n) is 13.2. The third-order valence-electron chi connectivity index (χ3n) is 3.34. The molecule has 0 saturated carbocycles. The molecule has 118 valence electrons. The molecule has 1 heterocycles. The normalized spacial score (nSPS) is 12.1. The van der Waals surface area contributed by atoms with Crippen molar-refractivity contribution in [1.82, 2.24) is 20.1 Å². The number of hydrogen-bond acceptors (Lipinski definition) is 4. The highest BCUT2D eigenvalue weighted by Crippen LogP contribution is 2.11. The fourth-order valence-electron chi connectivity index (χ4n) is 2.26. The van der Waals surface area contributed by atoms with Crippen molar-refractivity contribution in [2.45, 2.75) is 39.5 Å². The molecule has 0 bridgehead atoms. The maximum atomic E-state index is 12.3. The summed E-state index contributed by atoms with van der Waals surface area (Å²) in [5.41, 5.74) is 1.66. The van der Waals surface area contributed by atoms with E-state index in [-0.39, 0.29) is 11.9 Å². The fraction of sp³-hybridized carbons (Fsp3) is 0.438. The van der Waals surface area contributed by atoms with E-state index in [1.54, 1.807) is 19.2 Å². The molecule has 0 aliphatic rings. The Morgan fingerprint density at radius 1 is 1.36 bits per heavy atom. The van der Waals surface area contributed by atoms with Crippen molar-refractivity contribution >= 4 is 5.91 Å². The lowest BCUT2D eigenvalue weighted by Gasteiger charge is -2.14. The van der Waals surface area contributed by atoms with Crippen molar-refractivity contribution in [2.75, 3.05) is 7.11 Å². The van der Waals surface area contributed by atoms with E-state index in [1.807, 2.05) is 23.7 Å². The number of nitrogens with zero attached hydrogens (tertiary/aromatic N) is 3. The maximum Gasteiger partial charge on any atom is 0.251 e. The molecule has 1 aromatic heterocycles. The molecule has 6 heteroatoms. The van der Waals surface area contributed by atoms with Crippen LogP contribution < -0.4 is 5.32 Å². The van der Waals surface area contributed by atoms with Gasteiger partial charge in [-0.2, -0.15) is 5.10 Å². The smallest absolute Gasteiger partial charge is 0.251 e. The minimum atomic E-state index is -0.194. The highest BCUT2D eigenvalue weighted by Gasteiger charge is 2.16. The van der Waals surface area contributed by atoms with Gasteiger partial charge in [-0.1, -0.05) is 19.1 Å². The molecule has 0 unspecified atom stereocenters. The Morgan fingerprint density at radius 2 is 2.09 bits per heavy atom. The SMILES string of the molecule is CCCn1ncnc1[C@H](C)NC(=O)c1ccc(COC)cc1. The first-order valence-corrected chi connectivity index (χ1v) is 7.42. The quantitative estimate of drug-likeness (QED) is 0.852. The van der Waals surface area contributed by atoms with Gasteiger partial charge in [0, 0.05) is 19.2 Å². The van der Waals surface area contributed by atoms with E-state index in [9.17, 15) is 4.79 Å². The van der Waals surface area contributed by atoms with E-state index in [4.69, 9.17) is 4.74 Å². The van der Waals surface area contributed by atoms with Crippen LogP contribution in [-0.4, -0.2) is 27.8 Å². The second-order valence-electron chi connectivity index (χ2n) is 5.17. The average molecular weight is 302 g/mol. The predicted molar refractivity (Wildman–Crippen MR) is 83.3 cm³/mol. The molecule has 1 aromatic carbocycles. The summed E-state index contributed by atoms with van der Waals surface area (Å²) in [6.45, 7) is 5.32. The van der Waals surface area contributed by atoms with E-state index in [0.29, 0.717) is 12.2 Å². The molecule has 1 amide bonds.